The Bertz CT molecular complexity index is 161. The molecule has 0 N–H and O–H groups in total. The van der Waals surface area contributed by atoms with Gasteiger partial charge in [-0.15, -0.1) is 0 Å². The molecule has 0 aromatic heterocycles. The Morgan fingerprint density at radius 1 is 0.474 bits per heavy atom. The molecule has 19 heavy (non-hydrogen) atoms. The van der Waals surface area contributed by atoms with Gasteiger partial charge >= 0.3 is 0 Å². The van der Waals surface area contributed by atoms with Crippen LogP contribution in [0.4, 0.5) is 0 Å². The van der Waals surface area contributed by atoms with E-state index < -0.39 is 0 Å². The van der Waals surface area contributed by atoms with E-state index in [1.807, 2.05) is 0 Å². The molecule has 0 aromatic carbocycles. The van der Waals surface area contributed by atoms with Crippen LogP contribution < -0.4 is 0 Å². The van der Waals surface area contributed by atoms with Crippen molar-refractivity contribution in [1.29, 1.82) is 0 Å². The molecule has 0 fully saturated rings. The average Bonchev–Trinajstić information content (AvgIpc) is 2.40. The molecule has 0 unspecified atom stereocenters. The predicted molar refractivity (Wildman–Crippen MR) is 89.7 cm³/mol. The highest BCUT2D eigenvalue weighted by Gasteiger charge is 2.05. The highest BCUT2D eigenvalue weighted by Crippen LogP contribution is 2.20. The maximum atomic E-state index is 2.46. The zero-order valence-electron chi connectivity index (χ0n) is 14.3. The van der Waals surface area contributed by atoms with Crippen LogP contribution in [0.1, 0.15) is 111 Å². The van der Waals surface area contributed by atoms with E-state index in [2.05, 4.69) is 27.7 Å². The summed E-state index contributed by atoms with van der Waals surface area (Å²) in [6.45, 7) is 9.50. The Labute approximate surface area is 123 Å². The van der Waals surface area contributed by atoms with Gasteiger partial charge < -0.3 is 0 Å². The lowest BCUT2D eigenvalue weighted by Gasteiger charge is -2.14. The maximum Gasteiger partial charge on any atom is -0.0443 e. The van der Waals surface area contributed by atoms with Crippen LogP contribution >= 0.6 is 0 Å². The highest BCUT2D eigenvalue weighted by molar-refractivity contribution is 4.58. The van der Waals surface area contributed by atoms with Crippen LogP contribution in [-0.2, 0) is 0 Å². The lowest BCUT2D eigenvalue weighted by Crippen LogP contribution is -1.99. The van der Waals surface area contributed by atoms with E-state index in [1.165, 1.54) is 83.5 Å². The van der Waals surface area contributed by atoms with Crippen molar-refractivity contribution in [3.8, 4) is 0 Å². The smallest absolute Gasteiger partial charge is 0.0443 e. The van der Waals surface area contributed by atoms with Gasteiger partial charge in [0, 0.05) is 0 Å². The summed E-state index contributed by atoms with van der Waals surface area (Å²) in [7, 11) is 0. The third-order valence-corrected chi connectivity index (χ3v) is 4.49. The molecule has 0 aliphatic heterocycles. The maximum absolute atomic E-state index is 2.46. The molecule has 0 rings (SSSR count). The summed E-state index contributed by atoms with van der Waals surface area (Å²) in [6, 6.07) is 0. The summed E-state index contributed by atoms with van der Waals surface area (Å²) in [5.41, 5.74) is 0. The molecule has 0 aliphatic carbocycles. The van der Waals surface area contributed by atoms with E-state index in [1.54, 1.807) is 0 Å². The first kappa shape index (κ1) is 19.0. The van der Waals surface area contributed by atoms with Gasteiger partial charge in [-0.1, -0.05) is 111 Å². The summed E-state index contributed by atoms with van der Waals surface area (Å²) in [5.74, 6) is 1.92. The van der Waals surface area contributed by atoms with Crippen LogP contribution in [-0.4, -0.2) is 0 Å². The van der Waals surface area contributed by atoms with Gasteiger partial charge in [-0.3, -0.25) is 0 Å². The molecule has 0 saturated carbocycles. The predicted octanol–water partition coefficient (Wildman–Crippen LogP) is 7.37. The second-order valence-corrected chi connectivity index (χ2v) is 6.84. The van der Waals surface area contributed by atoms with Gasteiger partial charge in [0.1, 0.15) is 0 Å². The van der Waals surface area contributed by atoms with Gasteiger partial charge in [-0.25, -0.2) is 0 Å². The van der Waals surface area contributed by atoms with Crippen molar-refractivity contribution in [3.63, 3.8) is 0 Å². The summed E-state index contributed by atoms with van der Waals surface area (Å²) >= 11 is 0. The Morgan fingerprint density at radius 3 is 1.47 bits per heavy atom. The van der Waals surface area contributed by atoms with Crippen LogP contribution in [0.5, 0.6) is 0 Å². The van der Waals surface area contributed by atoms with Crippen LogP contribution in [0.3, 0.4) is 0 Å². The summed E-state index contributed by atoms with van der Waals surface area (Å²) < 4.78 is 0. The van der Waals surface area contributed by atoms with Crippen molar-refractivity contribution in [2.24, 2.45) is 11.8 Å². The van der Waals surface area contributed by atoms with Gasteiger partial charge in [0.15, 0.2) is 0 Å². The van der Waals surface area contributed by atoms with E-state index in [0.29, 0.717) is 0 Å². The van der Waals surface area contributed by atoms with Gasteiger partial charge in [0.25, 0.3) is 0 Å². The molecule has 0 aromatic rings. The summed E-state index contributed by atoms with van der Waals surface area (Å²) in [5, 5.41) is 0. The van der Waals surface area contributed by atoms with E-state index in [4.69, 9.17) is 0 Å². The van der Waals surface area contributed by atoms with Gasteiger partial charge in [0.05, 0.1) is 0 Å². The number of hydrogen-bond donors (Lipinski definition) is 0. The number of rotatable bonds is 14. The fourth-order valence-corrected chi connectivity index (χ4v) is 2.93. The Hall–Kier alpha value is 0. The number of unbranched alkanes of at least 4 members (excludes halogenated alkanes) is 6. The largest absolute Gasteiger partial charge is 0.0654 e. The third-order valence-electron chi connectivity index (χ3n) is 4.49. The monoisotopic (exact) mass is 268 g/mol. The highest BCUT2D eigenvalue weighted by atomic mass is 14.1. The Balaban J connectivity index is 3.27. The van der Waals surface area contributed by atoms with E-state index in [9.17, 15) is 0 Å². The lowest BCUT2D eigenvalue weighted by atomic mass is 9.92. The topological polar surface area (TPSA) is 0 Å². The van der Waals surface area contributed by atoms with Crippen molar-refractivity contribution < 1.29 is 0 Å². The van der Waals surface area contributed by atoms with Gasteiger partial charge in [-0.05, 0) is 11.8 Å². The number of hydrogen-bond acceptors (Lipinski definition) is 0. The molecule has 0 aliphatic rings. The fraction of sp³-hybridized carbons (Fsp3) is 1.00. The second-order valence-electron chi connectivity index (χ2n) is 6.84. The fourth-order valence-electron chi connectivity index (χ4n) is 2.93. The van der Waals surface area contributed by atoms with Crippen LogP contribution in [0.2, 0.25) is 0 Å². The zero-order chi connectivity index (χ0) is 14.3. The first-order valence-electron chi connectivity index (χ1n) is 9.20. The minimum absolute atomic E-state index is 0.959. The Morgan fingerprint density at radius 2 is 0.895 bits per heavy atom. The van der Waals surface area contributed by atoms with E-state index in [-0.39, 0.29) is 0 Å². The molecule has 0 spiro atoms. The molecule has 0 heteroatoms. The quantitative estimate of drug-likeness (QED) is 0.288. The molecule has 0 saturated heterocycles. The Kier molecular flexibility index (Phi) is 14.4. The summed E-state index contributed by atoms with van der Waals surface area (Å²) in [6.07, 6.45) is 18.7. The van der Waals surface area contributed by atoms with Crippen LogP contribution in [0.25, 0.3) is 0 Å². The van der Waals surface area contributed by atoms with Crippen molar-refractivity contribution >= 4 is 0 Å². The molecule has 0 bridgehead atoms. The molecule has 0 amide bonds. The van der Waals surface area contributed by atoms with Crippen molar-refractivity contribution in [1.82, 2.24) is 0 Å². The van der Waals surface area contributed by atoms with E-state index >= 15 is 0 Å². The van der Waals surface area contributed by atoms with Crippen molar-refractivity contribution in [2.75, 3.05) is 0 Å². The van der Waals surface area contributed by atoms with Crippen LogP contribution in [0.15, 0.2) is 0 Å². The van der Waals surface area contributed by atoms with Crippen molar-refractivity contribution in [2.45, 2.75) is 111 Å². The third kappa shape index (κ3) is 14.2. The molecule has 0 radical (unpaired) electrons. The molecular formula is C19H40. The van der Waals surface area contributed by atoms with Crippen LogP contribution in [0, 0.1) is 11.8 Å². The average molecular weight is 269 g/mol. The van der Waals surface area contributed by atoms with Gasteiger partial charge in [0.2, 0.25) is 0 Å². The molecule has 116 valence electrons. The normalized spacial score (nSPS) is 14.5. The molecule has 0 nitrogen and oxygen atoms in total. The first-order valence-corrected chi connectivity index (χ1v) is 9.20. The molecular weight excluding hydrogens is 228 g/mol. The van der Waals surface area contributed by atoms with E-state index in [0.717, 1.165) is 11.8 Å². The lowest BCUT2D eigenvalue weighted by molar-refractivity contribution is 0.394. The SMILES string of the molecule is CCCCCCCC[C@H](C)CCC[C@@H](C)CCCC. The van der Waals surface area contributed by atoms with Gasteiger partial charge in [-0.2, -0.15) is 0 Å². The zero-order valence-corrected chi connectivity index (χ0v) is 14.3. The standard InChI is InChI=1S/C19H40/c1-5-7-9-10-11-12-15-19(4)17-13-16-18(3)14-8-6-2/h18-19H,5-17H2,1-4H3/t18-,19-/m0/s1. The summed E-state index contributed by atoms with van der Waals surface area (Å²) in [4.78, 5) is 0. The minimum atomic E-state index is 0.959. The molecule has 2 atom stereocenters. The molecule has 0 heterocycles. The first-order chi connectivity index (χ1) is 9.20. The minimum Gasteiger partial charge on any atom is -0.0654 e. The van der Waals surface area contributed by atoms with Crippen molar-refractivity contribution in [3.05, 3.63) is 0 Å². The second kappa shape index (κ2) is 14.4.